The van der Waals surface area contributed by atoms with Gasteiger partial charge in [-0.15, -0.1) is 0 Å². The van der Waals surface area contributed by atoms with Crippen molar-refractivity contribution in [3.8, 4) is 5.75 Å². The Morgan fingerprint density at radius 1 is 1.04 bits per heavy atom. The summed E-state index contributed by atoms with van der Waals surface area (Å²) < 4.78 is 5.08. The molecular weight excluding hydrogens is 374 g/mol. The van der Waals surface area contributed by atoms with Gasteiger partial charge in [-0.3, -0.25) is 9.59 Å². The summed E-state index contributed by atoms with van der Waals surface area (Å²) in [5.41, 5.74) is 3.12. The Balaban J connectivity index is 1.46. The molecule has 7 heteroatoms. The van der Waals surface area contributed by atoms with Crippen LogP contribution in [0.15, 0.2) is 48.5 Å². The lowest BCUT2D eigenvalue weighted by atomic mass is 10.2. The summed E-state index contributed by atoms with van der Waals surface area (Å²) in [6, 6.07) is 14.4. The first-order valence-electron chi connectivity index (χ1n) is 8.85. The van der Waals surface area contributed by atoms with E-state index in [4.69, 9.17) is 4.74 Å². The smallest absolute Gasteiger partial charge is 0.251 e. The summed E-state index contributed by atoms with van der Waals surface area (Å²) in [7, 11) is 1.58. The average Bonchev–Trinajstić information content (AvgIpc) is 2.72. The predicted octanol–water partition coefficient (Wildman–Crippen LogP) is 3.29. The van der Waals surface area contributed by atoms with Gasteiger partial charge in [-0.25, -0.2) is 9.97 Å². The Kier molecular flexibility index (Phi) is 6.60. The minimum Gasteiger partial charge on any atom is -0.497 e. The van der Waals surface area contributed by atoms with Gasteiger partial charge < -0.3 is 10.1 Å². The second kappa shape index (κ2) is 9.32. The molecule has 0 saturated carbocycles. The maximum absolute atomic E-state index is 12.5. The number of nitrogens with one attached hydrogen (secondary N) is 1. The van der Waals surface area contributed by atoms with Gasteiger partial charge in [0.1, 0.15) is 11.4 Å². The first-order chi connectivity index (χ1) is 13.6. The van der Waals surface area contributed by atoms with E-state index in [0.717, 1.165) is 5.52 Å². The van der Waals surface area contributed by atoms with Crippen LogP contribution < -0.4 is 10.1 Å². The van der Waals surface area contributed by atoms with Crippen molar-refractivity contribution in [3.63, 3.8) is 0 Å². The highest BCUT2D eigenvalue weighted by molar-refractivity contribution is 8.00. The van der Waals surface area contributed by atoms with Gasteiger partial charge in [0, 0.05) is 17.9 Å². The molecule has 2 aromatic carbocycles. The van der Waals surface area contributed by atoms with Crippen molar-refractivity contribution >= 4 is 34.5 Å². The highest BCUT2D eigenvalue weighted by Crippen LogP contribution is 2.15. The molecule has 3 rings (SSSR count). The zero-order valence-electron chi connectivity index (χ0n) is 15.8. The number of carbonyl (C=O) groups excluding carboxylic acids is 2. The Labute approximate surface area is 167 Å². The summed E-state index contributed by atoms with van der Waals surface area (Å²) in [5.74, 6) is 1.44. The van der Waals surface area contributed by atoms with Crippen molar-refractivity contribution in [1.82, 2.24) is 15.3 Å². The molecule has 1 heterocycles. The predicted molar refractivity (Wildman–Crippen MR) is 111 cm³/mol. The second-order valence-electron chi connectivity index (χ2n) is 6.11. The zero-order valence-corrected chi connectivity index (χ0v) is 16.6. The van der Waals surface area contributed by atoms with Crippen molar-refractivity contribution in [1.29, 1.82) is 0 Å². The van der Waals surface area contributed by atoms with Crippen LogP contribution in [-0.4, -0.2) is 46.8 Å². The molecular formula is C21H21N3O3S. The Bertz CT molecular complexity index is 990. The Hall–Kier alpha value is -2.93. The fourth-order valence-electron chi connectivity index (χ4n) is 2.67. The number of thioether (sulfide) groups is 1. The molecule has 0 fully saturated rings. The molecule has 144 valence electrons. The zero-order chi connectivity index (χ0) is 19.9. The van der Waals surface area contributed by atoms with E-state index in [-0.39, 0.29) is 11.7 Å². The highest BCUT2D eigenvalue weighted by atomic mass is 32.2. The first-order valence-corrected chi connectivity index (χ1v) is 10.0. The number of hydrogen-bond acceptors (Lipinski definition) is 6. The number of nitrogens with zero attached hydrogens (tertiary/aromatic N) is 2. The van der Waals surface area contributed by atoms with E-state index in [1.54, 1.807) is 38.3 Å². The maximum atomic E-state index is 12.5. The molecule has 0 aliphatic heterocycles. The van der Waals surface area contributed by atoms with Crippen LogP contribution in [0, 0.1) is 6.92 Å². The van der Waals surface area contributed by atoms with Gasteiger partial charge in [-0.05, 0) is 43.3 Å². The van der Waals surface area contributed by atoms with E-state index in [1.807, 2.05) is 24.3 Å². The third-order valence-corrected chi connectivity index (χ3v) is 5.09. The molecule has 1 N–H and O–H groups in total. The molecule has 1 amide bonds. The lowest BCUT2D eigenvalue weighted by Crippen LogP contribution is -2.26. The topological polar surface area (TPSA) is 81.2 Å². The van der Waals surface area contributed by atoms with Gasteiger partial charge in [-0.1, -0.05) is 12.1 Å². The standard InChI is InChI=1S/C21H21N3O3S/c1-14-20(24-18-6-4-3-5-17(18)23-14)19(25)13-28-12-11-22-21(26)15-7-9-16(27-2)10-8-15/h3-10H,11-13H2,1-2H3,(H,22,26). The first kappa shape index (κ1) is 19.8. The molecule has 0 spiro atoms. The van der Waals surface area contributed by atoms with E-state index in [1.165, 1.54) is 11.8 Å². The number of methoxy groups -OCH3 is 1. The largest absolute Gasteiger partial charge is 0.497 e. The number of carbonyl (C=O) groups is 2. The van der Waals surface area contributed by atoms with E-state index in [2.05, 4.69) is 15.3 Å². The SMILES string of the molecule is COc1ccc(C(=O)NCCSCC(=O)c2nc3ccccc3nc2C)cc1. The number of fused-ring (bicyclic) bond motifs is 1. The van der Waals surface area contributed by atoms with Crippen LogP contribution in [0.1, 0.15) is 26.5 Å². The van der Waals surface area contributed by atoms with Crippen molar-refractivity contribution in [2.24, 2.45) is 0 Å². The van der Waals surface area contributed by atoms with E-state index < -0.39 is 0 Å². The Morgan fingerprint density at radius 3 is 2.39 bits per heavy atom. The molecule has 0 unspecified atom stereocenters. The molecule has 0 aliphatic carbocycles. The van der Waals surface area contributed by atoms with E-state index >= 15 is 0 Å². The molecule has 0 bridgehead atoms. The molecule has 0 radical (unpaired) electrons. The van der Waals surface area contributed by atoms with Gasteiger partial charge in [0.05, 0.1) is 29.6 Å². The van der Waals surface area contributed by atoms with Crippen molar-refractivity contribution in [2.45, 2.75) is 6.92 Å². The minimum atomic E-state index is -0.147. The van der Waals surface area contributed by atoms with Crippen LogP contribution in [0.3, 0.4) is 0 Å². The number of para-hydroxylation sites is 2. The molecule has 0 atom stereocenters. The maximum Gasteiger partial charge on any atom is 0.251 e. The summed E-state index contributed by atoms with van der Waals surface area (Å²) in [4.78, 5) is 33.5. The third-order valence-electron chi connectivity index (χ3n) is 4.13. The normalized spacial score (nSPS) is 10.6. The number of Topliss-reactive ketones (excluding diaryl/α,β-unsaturated/α-hetero) is 1. The van der Waals surface area contributed by atoms with Gasteiger partial charge in [-0.2, -0.15) is 11.8 Å². The quantitative estimate of drug-likeness (QED) is 0.466. The molecule has 6 nitrogen and oxygen atoms in total. The van der Waals surface area contributed by atoms with Crippen LogP contribution in [-0.2, 0) is 0 Å². The lowest BCUT2D eigenvalue weighted by Gasteiger charge is -2.07. The monoisotopic (exact) mass is 395 g/mol. The van der Waals surface area contributed by atoms with Crippen LogP contribution in [0.5, 0.6) is 5.75 Å². The van der Waals surface area contributed by atoms with Crippen molar-refractivity contribution < 1.29 is 14.3 Å². The van der Waals surface area contributed by atoms with E-state index in [0.29, 0.717) is 46.3 Å². The number of hydrogen-bond donors (Lipinski definition) is 1. The fraction of sp³-hybridized carbons (Fsp3) is 0.238. The third kappa shape index (κ3) is 4.86. The molecule has 28 heavy (non-hydrogen) atoms. The van der Waals surface area contributed by atoms with Crippen LogP contribution in [0.25, 0.3) is 11.0 Å². The summed E-state index contributed by atoms with van der Waals surface area (Å²) in [6.45, 7) is 2.28. The van der Waals surface area contributed by atoms with Crippen LogP contribution in [0.4, 0.5) is 0 Å². The molecule has 0 saturated heterocycles. The van der Waals surface area contributed by atoms with Gasteiger partial charge >= 0.3 is 0 Å². The van der Waals surface area contributed by atoms with E-state index in [9.17, 15) is 9.59 Å². The highest BCUT2D eigenvalue weighted by Gasteiger charge is 2.13. The fourth-order valence-corrected chi connectivity index (χ4v) is 3.38. The number of rotatable bonds is 8. The number of amides is 1. The molecule has 1 aromatic heterocycles. The number of aryl methyl sites for hydroxylation is 1. The van der Waals surface area contributed by atoms with Crippen LogP contribution >= 0.6 is 11.8 Å². The number of benzene rings is 2. The van der Waals surface area contributed by atoms with Gasteiger partial charge in [0.15, 0.2) is 5.78 Å². The van der Waals surface area contributed by atoms with Crippen LogP contribution in [0.2, 0.25) is 0 Å². The number of ether oxygens (including phenoxy) is 1. The number of aromatic nitrogens is 2. The van der Waals surface area contributed by atoms with Crippen molar-refractivity contribution in [3.05, 3.63) is 65.5 Å². The molecule has 0 aliphatic rings. The van der Waals surface area contributed by atoms with Crippen molar-refractivity contribution in [2.75, 3.05) is 25.2 Å². The summed E-state index contributed by atoms with van der Waals surface area (Å²) >= 11 is 1.46. The lowest BCUT2D eigenvalue weighted by molar-refractivity contribution is 0.0955. The summed E-state index contributed by atoms with van der Waals surface area (Å²) in [6.07, 6.45) is 0. The summed E-state index contributed by atoms with van der Waals surface area (Å²) in [5, 5.41) is 2.85. The Morgan fingerprint density at radius 2 is 1.71 bits per heavy atom. The second-order valence-corrected chi connectivity index (χ2v) is 7.21. The number of ketones is 1. The van der Waals surface area contributed by atoms with Gasteiger partial charge in [0.25, 0.3) is 5.91 Å². The van der Waals surface area contributed by atoms with Gasteiger partial charge in [0.2, 0.25) is 0 Å². The molecule has 3 aromatic rings. The minimum absolute atomic E-state index is 0.0535. The average molecular weight is 395 g/mol.